The van der Waals surface area contributed by atoms with Gasteiger partial charge in [0, 0.05) is 26.3 Å². The standard InChI is InChI=1S/C20H20N4O/c1-24(15-17-10-6-3-7-11-17)20-21-13-12-18(23-20)19(25)22-14-16-8-4-2-5-9-16/h2-13H,14-15H2,1H3,(H,22,25). The van der Waals surface area contributed by atoms with E-state index in [1.165, 1.54) is 0 Å². The second-order valence-electron chi connectivity index (χ2n) is 5.75. The van der Waals surface area contributed by atoms with Crippen LogP contribution in [0.2, 0.25) is 0 Å². The Bertz CT molecular complexity index is 821. The Morgan fingerprint density at radius 3 is 2.28 bits per heavy atom. The number of carbonyl (C=O) groups is 1. The number of carbonyl (C=O) groups excluding carboxylic acids is 1. The third-order valence-electron chi connectivity index (χ3n) is 3.78. The van der Waals surface area contributed by atoms with Gasteiger partial charge < -0.3 is 10.2 Å². The summed E-state index contributed by atoms with van der Waals surface area (Å²) in [5.74, 6) is 0.317. The van der Waals surface area contributed by atoms with Crippen LogP contribution >= 0.6 is 0 Å². The Morgan fingerprint density at radius 1 is 0.960 bits per heavy atom. The number of rotatable bonds is 6. The van der Waals surface area contributed by atoms with Crippen molar-refractivity contribution in [2.24, 2.45) is 0 Å². The SMILES string of the molecule is CN(Cc1ccccc1)c1nccc(C(=O)NCc2ccccc2)n1. The van der Waals surface area contributed by atoms with Gasteiger partial charge in [0.25, 0.3) is 5.91 Å². The fraction of sp³-hybridized carbons (Fsp3) is 0.150. The molecule has 0 atom stereocenters. The van der Waals surface area contributed by atoms with Gasteiger partial charge in [-0.1, -0.05) is 60.7 Å². The molecule has 3 rings (SSSR count). The molecule has 0 aliphatic rings. The van der Waals surface area contributed by atoms with Crippen molar-refractivity contribution in [1.29, 1.82) is 0 Å². The van der Waals surface area contributed by atoms with Crippen molar-refractivity contribution in [3.63, 3.8) is 0 Å². The van der Waals surface area contributed by atoms with Gasteiger partial charge in [0.2, 0.25) is 5.95 Å². The molecule has 0 fully saturated rings. The molecule has 0 radical (unpaired) electrons. The average Bonchev–Trinajstić information content (AvgIpc) is 2.68. The van der Waals surface area contributed by atoms with Crippen molar-refractivity contribution >= 4 is 11.9 Å². The third kappa shape index (κ3) is 4.64. The van der Waals surface area contributed by atoms with Crippen LogP contribution in [-0.2, 0) is 13.1 Å². The average molecular weight is 332 g/mol. The van der Waals surface area contributed by atoms with E-state index in [1.54, 1.807) is 12.3 Å². The molecule has 5 heteroatoms. The molecule has 5 nitrogen and oxygen atoms in total. The highest BCUT2D eigenvalue weighted by atomic mass is 16.1. The molecular weight excluding hydrogens is 312 g/mol. The predicted molar refractivity (Wildman–Crippen MR) is 98.2 cm³/mol. The first-order valence-corrected chi connectivity index (χ1v) is 8.12. The smallest absolute Gasteiger partial charge is 0.270 e. The first kappa shape index (κ1) is 16.6. The fourth-order valence-corrected chi connectivity index (χ4v) is 2.46. The van der Waals surface area contributed by atoms with Gasteiger partial charge in [-0.2, -0.15) is 0 Å². The van der Waals surface area contributed by atoms with Crippen LogP contribution in [0.3, 0.4) is 0 Å². The third-order valence-corrected chi connectivity index (χ3v) is 3.78. The zero-order valence-corrected chi connectivity index (χ0v) is 14.1. The molecule has 0 aliphatic heterocycles. The minimum absolute atomic E-state index is 0.208. The summed E-state index contributed by atoms with van der Waals surface area (Å²) in [6.07, 6.45) is 1.61. The van der Waals surface area contributed by atoms with Crippen molar-refractivity contribution in [1.82, 2.24) is 15.3 Å². The second kappa shape index (κ2) is 8.06. The quantitative estimate of drug-likeness (QED) is 0.754. The minimum atomic E-state index is -0.208. The summed E-state index contributed by atoms with van der Waals surface area (Å²) in [5.41, 5.74) is 2.57. The topological polar surface area (TPSA) is 58.1 Å². The lowest BCUT2D eigenvalue weighted by Crippen LogP contribution is -2.25. The Hall–Kier alpha value is -3.21. The Labute approximate surface area is 147 Å². The maximum absolute atomic E-state index is 12.3. The highest BCUT2D eigenvalue weighted by Gasteiger charge is 2.11. The number of nitrogens with one attached hydrogen (secondary N) is 1. The van der Waals surface area contributed by atoms with Gasteiger partial charge in [-0.3, -0.25) is 4.79 Å². The lowest BCUT2D eigenvalue weighted by molar-refractivity contribution is 0.0946. The number of hydrogen-bond acceptors (Lipinski definition) is 4. The van der Waals surface area contributed by atoms with Gasteiger partial charge in [0.1, 0.15) is 5.69 Å². The highest BCUT2D eigenvalue weighted by molar-refractivity contribution is 5.92. The van der Waals surface area contributed by atoms with Crippen LogP contribution in [0.5, 0.6) is 0 Å². The molecule has 0 saturated heterocycles. The van der Waals surface area contributed by atoms with Crippen molar-refractivity contribution in [3.05, 3.63) is 89.7 Å². The van der Waals surface area contributed by atoms with Gasteiger partial charge in [-0.15, -0.1) is 0 Å². The van der Waals surface area contributed by atoms with Crippen molar-refractivity contribution in [2.75, 3.05) is 11.9 Å². The molecule has 0 spiro atoms. The summed E-state index contributed by atoms with van der Waals surface area (Å²) in [4.78, 5) is 22.9. The Balaban J connectivity index is 1.65. The maximum Gasteiger partial charge on any atom is 0.270 e. The molecule has 0 bridgehead atoms. The molecule has 3 aromatic rings. The molecule has 2 aromatic carbocycles. The number of nitrogens with zero attached hydrogens (tertiary/aromatic N) is 3. The van der Waals surface area contributed by atoms with E-state index in [-0.39, 0.29) is 5.91 Å². The Kier molecular flexibility index (Phi) is 5.36. The van der Waals surface area contributed by atoms with Crippen LogP contribution in [0.1, 0.15) is 21.6 Å². The summed E-state index contributed by atoms with van der Waals surface area (Å²) < 4.78 is 0. The van der Waals surface area contributed by atoms with Crippen molar-refractivity contribution in [2.45, 2.75) is 13.1 Å². The zero-order valence-electron chi connectivity index (χ0n) is 14.1. The lowest BCUT2D eigenvalue weighted by atomic mass is 10.2. The first-order chi connectivity index (χ1) is 12.2. The van der Waals surface area contributed by atoms with E-state index < -0.39 is 0 Å². The first-order valence-electron chi connectivity index (χ1n) is 8.12. The van der Waals surface area contributed by atoms with Gasteiger partial charge in [-0.25, -0.2) is 9.97 Å². The number of amides is 1. The second-order valence-corrected chi connectivity index (χ2v) is 5.75. The zero-order chi connectivity index (χ0) is 17.5. The van der Waals surface area contributed by atoms with E-state index in [0.717, 1.165) is 11.1 Å². The van der Waals surface area contributed by atoms with Crippen LogP contribution in [-0.4, -0.2) is 22.9 Å². The number of benzene rings is 2. The molecule has 0 unspecified atom stereocenters. The van der Waals surface area contributed by atoms with E-state index in [0.29, 0.717) is 24.7 Å². The van der Waals surface area contributed by atoms with E-state index in [4.69, 9.17) is 0 Å². The Morgan fingerprint density at radius 2 is 1.60 bits per heavy atom. The minimum Gasteiger partial charge on any atom is -0.347 e. The summed E-state index contributed by atoms with van der Waals surface area (Å²) in [6.45, 7) is 1.15. The molecule has 1 heterocycles. The molecular formula is C20H20N4O. The normalized spacial score (nSPS) is 10.3. The van der Waals surface area contributed by atoms with E-state index >= 15 is 0 Å². The molecule has 1 amide bonds. The van der Waals surface area contributed by atoms with E-state index in [2.05, 4.69) is 15.3 Å². The lowest BCUT2D eigenvalue weighted by Gasteiger charge is -2.17. The predicted octanol–water partition coefficient (Wildman–Crippen LogP) is 3.04. The molecule has 0 saturated carbocycles. The molecule has 0 aliphatic carbocycles. The van der Waals surface area contributed by atoms with Crippen LogP contribution in [0, 0.1) is 0 Å². The van der Waals surface area contributed by atoms with E-state index in [1.807, 2.05) is 72.6 Å². The number of aromatic nitrogens is 2. The largest absolute Gasteiger partial charge is 0.347 e. The summed E-state index contributed by atoms with van der Waals surface area (Å²) >= 11 is 0. The number of anilines is 1. The van der Waals surface area contributed by atoms with Crippen LogP contribution in [0.15, 0.2) is 72.9 Å². The van der Waals surface area contributed by atoms with Crippen molar-refractivity contribution < 1.29 is 4.79 Å². The highest BCUT2D eigenvalue weighted by Crippen LogP contribution is 2.10. The van der Waals surface area contributed by atoms with Gasteiger partial charge in [0.05, 0.1) is 0 Å². The summed E-state index contributed by atoms with van der Waals surface area (Å²) in [6, 6.07) is 21.5. The summed E-state index contributed by atoms with van der Waals surface area (Å²) in [5, 5.41) is 2.88. The maximum atomic E-state index is 12.3. The van der Waals surface area contributed by atoms with Crippen LogP contribution in [0.4, 0.5) is 5.95 Å². The van der Waals surface area contributed by atoms with Crippen LogP contribution < -0.4 is 10.2 Å². The van der Waals surface area contributed by atoms with Gasteiger partial charge in [-0.05, 0) is 17.2 Å². The number of hydrogen-bond donors (Lipinski definition) is 1. The van der Waals surface area contributed by atoms with Crippen molar-refractivity contribution in [3.8, 4) is 0 Å². The van der Waals surface area contributed by atoms with Gasteiger partial charge in [0.15, 0.2) is 0 Å². The molecule has 25 heavy (non-hydrogen) atoms. The molecule has 1 N–H and O–H groups in total. The van der Waals surface area contributed by atoms with E-state index in [9.17, 15) is 4.79 Å². The van der Waals surface area contributed by atoms with Gasteiger partial charge >= 0.3 is 0 Å². The molecule has 126 valence electrons. The monoisotopic (exact) mass is 332 g/mol. The fourth-order valence-electron chi connectivity index (χ4n) is 2.46. The summed E-state index contributed by atoms with van der Waals surface area (Å²) in [7, 11) is 1.91. The molecule has 1 aromatic heterocycles. The van der Waals surface area contributed by atoms with Crippen LogP contribution in [0.25, 0.3) is 0 Å².